The molecule has 0 saturated carbocycles. The van der Waals surface area contributed by atoms with Crippen LogP contribution < -0.4 is 11.1 Å². The molecule has 3 rings (SSSR count). The second-order valence-electron chi connectivity index (χ2n) is 3.78. The van der Waals surface area contributed by atoms with Gasteiger partial charge in [0.15, 0.2) is 0 Å². The highest BCUT2D eigenvalue weighted by atomic mass is 79.9. The van der Waals surface area contributed by atoms with Crippen LogP contribution >= 0.6 is 39.3 Å². The first-order chi connectivity index (χ1) is 9.15. The first-order valence-electron chi connectivity index (χ1n) is 5.24. The van der Waals surface area contributed by atoms with Gasteiger partial charge >= 0.3 is 0 Å². The van der Waals surface area contributed by atoms with Crippen molar-refractivity contribution in [1.29, 1.82) is 0 Å². The molecular weight excluding hydrogens is 350 g/mol. The van der Waals surface area contributed by atoms with E-state index < -0.39 is 0 Å². The molecule has 0 amide bonds. The molecule has 0 aliphatic rings. The van der Waals surface area contributed by atoms with Crippen LogP contribution in [-0.2, 0) is 0 Å². The molecule has 0 spiro atoms. The Morgan fingerprint density at radius 2 is 2.16 bits per heavy atom. The van der Waals surface area contributed by atoms with Crippen molar-refractivity contribution >= 4 is 67.5 Å². The van der Waals surface area contributed by atoms with Crippen molar-refractivity contribution in [3.05, 3.63) is 33.9 Å². The van der Waals surface area contributed by atoms with E-state index in [2.05, 4.69) is 35.0 Å². The molecular formula is C11H7BrClN5S. The van der Waals surface area contributed by atoms with E-state index in [-0.39, 0.29) is 0 Å². The van der Waals surface area contributed by atoms with Crippen molar-refractivity contribution in [1.82, 2.24) is 13.7 Å². The summed E-state index contributed by atoms with van der Waals surface area (Å²) in [4.78, 5) is 4.22. The van der Waals surface area contributed by atoms with Gasteiger partial charge in [0, 0.05) is 0 Å². The number of fused-ring (bicyclic) bond motifs is 1. The number of pyridine rings is 1. The summed E-state index contributed by atoms with van der Waals surface area (Å²) in [5, 5.41) is 3.72. The summed E-state index contributed by atoms with van der Waals surface area (Å²) in [6, 6.07) is 5.37. The molecule has 0 atom stereocenters. The van der Waals surface area contributed by atoms with E-state index in [0.717, 1.165) is 27.2 Å². The number of halogens is 2. The zero-order valence-corrected chi connectivity index (χ0v) is 12.6. The first-order valence-corrected chi connectivity index (χ1v) is 7.14. The summed E-state index contributed by atoms with van der Waals surface area (Å²) < 4.78 is 9.17. The van der Waals surface area contributed by atoms with Gasteiger partial charge in [-0.25, -0.2) is 4.98 Å². The van der Waals surface area contributed by atoms with Crippen LogP contribution in [0.5, 0.6) is 0 Å². The number of hydrogen-bond donors (Lipinski definition) is 2. The topological polar surface area (TPSA) is 76.7 Å². The average Bonchev–Trinajstić information content (AvgIpc) is 2.84. The fraction of sp³-hybridized carbons (Fsp3) is 0. The molecule has 0 saturated heterocycles. The lowest BCUT2D eigenvalue weighted by molar-refractivity contribution is 1.30. The van der Waals surface area contributed by atoms with Gasteiger partial charge in [-0.15, -0.1) is 0 Å². The lowest BCUT2D eigenvalue weighted by atomic mass is 10.2. The largest absolute Gasteiger partial charge is 0.397 e. The highest BCUT2D eigenvalue weighted by Crippen LogP contribution is 2.34. The summed E-state index contributed by atoms with van der Waals surface area (Å²) in [5.41, 5.74) is 8.44. The maximum absolute atomic E-state index is 6.20. The van der Waals surface area contributed by atoms with Crippen molar-refractivity contribution in [2.24, 2.45) is 0 Å². The van der Waals surface area contributed by atoms with Crippen LogP contribution in [0.4, 0.5) is 17.2 Å². The summed E-state index contributed by atoms with van der Waals surface area (Å²) in [5.74, 6) is 0.622. The van der Waals surface area contributed by atoms with Crippen LogP contribution in [0, 0.1) is 0 Å². The Bertz CT molecular complexity index is 760. The molecule has 0 aliphatic carbocycles. The lowest BCUT2D eigenvalue weighted by Crippen LogP contribution is -1.98. The van der Waals surface area contributed by atoms with E-state index in [1.165, 1.54) is 0 Å². The smallest absolute Gasteiger partial charge is 0.144 e. The number of aromatic nitrogens is 3. The summed E-state index contributed by atoms with van der Waals surface area (Å²) in [6.07, 6.45) is 1.57. The summed E-state index contributed by atoms with van der Waals surface area (Å²) in [6.45, 7) is 0. The monoisotopic (exact) mass is 355 g/mol. The van der Waals surface area contributed by atoms with Crippen molar-refractivity contribution in [2.75, 3.05) is 11.1 Å². The van der Waals surface area contributed by atoms with Gasteiger partial charge in [0.2, 0.25) is 0 Å². The number of nitrogens with one attached hydrogen (secondary N) is 1. The summed E-state index contributed by atoms with van der Waals surface area (Å²) >= 11 is 10.7. The molecule has 0 unspecified atom stereocenters. The van der Waals surface area contributed by atoms with Crippen LogP contribution in [0.3, 0.4) is 0 Å². The van der Waals surface area contributed by atoms with Gasteiger partial charge in [-0.2, -0.15) is 8.75 Å². The average molecular weight is 357 g/mol. The van der Waals surface area contributed by atoms with Crippen molar-refractivity contribution in [3.63, 3.8) is 0 Å². The number of benzene rings is 1. The Hall–Kier alpha value is -1.44. The molecule has 3 aromatic rings. The number of rotatable bonds is 2. The molecule has 96 valence electrons. The van der Waals surface area contributed by atoms with Gasteiger partial charge in [0.05, 0.1) is 38.8 Å². The third-order valence-corrected chi connectivity index (χ3v) is 3.94. The van der Waals surface area contributed by atoms with Crippen LogP contribution in [0.15, 0.2) is 28.9 Å². The Kier molecular flexibility index (Phi) is 3.26. The van der Waals surface area contributed by atoms with E-state index in [4.69, 9.17) is 17.3 Å². The third kappa shape index (κ3) is 2.36. The highest BCUT2D eigenvalue weighted by molar-refractivity contribution is 9.10. The highest BCUT2D eigenvalue weighted by Gasteiger charge is 2.12. The fourth-order valence-electron chi connectivity index (χ4n) is 1.61. The van der Waals surface area contributed by atoms with Crippen LogP contribution in [0.25, 0.3) is 11.0 Å². The number of hydrogen-bond acceptors (Lipinski definition) is 6. The molecule has 2 aromatic heterocycles. The van der Waals surface area contributed by atoms with E-state index >= 15 is 0 Å². The Morgan fingerprint density at radius 1 is 1.32 bits per heavy atom. The normalized spacial score (nSPS) is 10.8. The van der Waals surface area contributed by atoms with E-state index in [0.29, 0.717) is 22.2 Å². The minimum Gasteiger partial charge on any atom is -0.397 e. The molecule has 8 heteroatoms. The zero-order chi connectivity index (χ0) is 13.4. The SMILES string of the molecule is Nc1cnc(Nc2c(Cl)ccc3nsnc23)c(Br)c1. The van der Waals surface area contributed by atoms with Gasteiger partial charge in [-0.1, -0.05) is 11.6 Å². The van der Waals surface area contributed by atoms with E-state index in [9.17, 15) is 0 Å². The van der Waals surface area contributed by atoms with Gasteiger partial charge < -0.3 is 11.1 Å². The molecule has 1 aromatic carbocycles. The lowest BCUT2D eigenvalue weighted by Gasteiger charge is -2.09. The quantitative estimate of drug-likeness (QED) is 0.730. The molecule has 2 heterocycles. The minimum atomic E-state index is 0.561. The van der Waals surface area contributed by atoms with Crippen LogP contribution in [0.2, 0.25) is 5.02 Å². The minimum absolute atomic E-state index is 0.561. The Balaban J connectivity index is 2.10. The number of nitrogen functional groups attached to an aromatic ring is 1. The second kappa shape index (κ2) is 4.92. The predicted octanol–water partition coefficient (Wildman–Crippen LogP) is 3.83. The molecule has 0 bridgehead atoms. The molecule has 0 radical (unpaired) electrons. The number of nitrogens with two attached hydrogens (primary N) is 1. The fourth-order valence-corrected chi connectivity index (χ4v) is 2.82. The summed E-state index contributed by atoms with van der Waals surface area (Å²) in [7, 11) is 0. The standard InChI is InChI=1S/C11H7BrClN5S/c12-6-3-5(14)4-15-11(6)16-9-7(13)1-2-8-10(9)18-19-17-8/h1-4H,14H2,(H,15,16). The van der Waals surface area contributed by atoms with Crippen LogP contribution in [-0.4, -0.2) is 13.7 Å². The van der Waals surface area contributed by atoms with Crippen molar-refractivity contribution in [3.8, 4) is 0 Å². The molecule has 0 aliphatic heterocycles. The Labute approximate surface area is 126 Å². The molecule has 5 nitrogen and oxygen atoms in total. The van der Waals surface area contributed by atoms with E-state index in [1.807, 2.05) is 6.07 Å². The molecule has 3 N–H and O–H groups in total. The van der Waals surface area contributed by atoms with Crippen molar-refractivity contribution < 1.29 is 0 Å². The van der Waals surface area contributed by atoms with Crippen molar-refractivity contribution in [2.45, 2.75) is 0 Å². The van der Waals surface area contributed by atoms with Gasteiger partial charge in [0.1, 0.15) is 16.9 Å². The molecule has 0 fully saturated rings. The maximum atomic E-state index is 6.20. The third-order valence-electron chi connectivity index (χ3n) is 2.48. The Morgan fingerprint density at radius 3 is 2.95 bits per heavy atom. The number of nitrogens with zero attached hydrogens (tertiary/aromatic N) is 3. The predicted molar refractivity (Wildman–Crippen MR) is 82.1 cm³/mol. The molecule has 19 heavy (non-hydrogen) atoms. The van der Waals surface area contributed by atoms with Gasteiger partial charge in [-0.3, -0.25) is 0 Å². The van der Waals surface area contributed by atoms with E-state index in [1.54, 1.807) is 18.3 Å². The maximum Gasteiger partial charge on any atom is 0.144 e. The zero-order valence-electron chi connectivity index (χ0n) is 9.39. The van der Waals surface area contributed by atoms with Gasteiger partial charge in [-0.05, 0) is 34.1 Å². The van der Waals surface area contributed by atoms with Gasteiger partial charge in [0.25, 0.3) is 0 Å². The number of anilines is 3. The second-order valence-corrected chi connectivity index (χ2v) is 5.57. The first kappa shape index (κ1) is 12.6. The van der Waals surface area contributed by atoms with Crippen LogP contribution in [0.1, 0.15) is 0 Å².